The van der Waals surface area contributed by atoms with Crippen molar-refractivity contribution in [3.63, 3.8) is 0 Å². The summed E-state index contributed by atoms with van der Waals surface area (Å²) >= 11 is 0. The Morgan fingerprint density at radius 2 is 2.22 bits per heavy atom. The second-order valence-electron chi connectivity index (χ2n) is 4.30. The fraction of sp³-hybridized carbons (Fsp3) is 0.385. The van der Waals surface area contributed by atoms with Gasteiger partial charge in [0, 0.05) is 30.8 Å². The zero-order valence-electron chi connectivity index (χ0n) is 10.0. The SMILES string of the molecule is O=C(O)CCCNC(=O)c1ccc2c(c1)NCC2. The largest absolute Gasteiger partial charge is 0.481 e. The lowest BCUT2D eigenvalue weighted by Crippen LogP contribution is -2.24. The second kappa shape index (κ2) is 5.53. The van der Waals surface area contributed by atoms with E-state index in [0.717, 1.165) is 18.7 Å². The minimum atomic E-state index is -0.842. The zero-order chi connectivity index (χ0) is 13.0. The molecule has 0 aliphatic carbocycles. The van der Waals surface area contributed by atoms with Crippen molar-refractivity contribution in [2.75, 3.05) is 18.4 Å². The molecule has 0 atom stereocenters. The van der Waals surface area contributed by atoms with E-state index in [1.807, 2.05) is 12.1 Å². The molecule has 5 heteroatoms. The van der Waals surface area contributed by atoms with E-state index in [1.54, 1.807) is 6.07 Å². The van der Waals surface area contributed by atoms with Crippen LogP contribution in [0.1, 0.15) is 28.8 Å². The molecule has 2 rings (SSSR count). The summed E-state index contributed by atoms with van der Waals surface area (Å²) in [7, 11) is 0. The van der Waals surface area contributed by atoms with Crippen LogP contribution in [-0.2, 0) is 11.2 Å². The number of nitrogens with one attached hydrogen (secondary N) is 2. The van der Waals surface area contributed by atoms with Crippen molar-refractivity contribution in [2.45, 2.75) is 19.3 Å². The highest BCUT2D eigenvalue weighted by Crippen LogP contribution is 2.23. The number of carboxylic acids is 1. The van der Waals surface area contributed by atoms with Crippen LogP contribution in [0.2, 0.25) is 0 Å². The summed E-state index contributed by atoms with van der Waals surface area (Å²) in [5.41, 5.74) is 2.86. The Labute approximate surface area is 105 Å². The number of anilines is 1. The molecule has 0 spiro atoms. The van der Waals surface area contributed by atoms with Crippen LogP contribution in [0.4, 0.5) is 5.69 Å². The van der Waals surface area contributed by atoms with Crippen LogP contribution in [0.25, 0.3) is 0 Å². The molecule has 1 aromatic carbocycles. The molecule has 0 radical (unpaired) electrons. The quantitative estimate of drug-likeness (QED) is 0.685. The lowest BCUT2D eigenvalue weighted by Gasteiger charge is -2.06. The van der Waals surface area contributed by atoms with Gasteiger partial charge in [-0.15, -0.1) is 0 Å². The summed E-state index contributed by atoms with van der Waals surface area (Å²) in [4.78, 5) is 22.1. The van der Waals surface area contributed by atoms with Gasteiger partial charge in [-0.25, -0.2) is 0 Å². The summed E-state index contributed by atoms with van der Waals surface area (Å²) in [5, 5.41) is 14.4. The predicted molar refractivity (Wildman–Crippen MR) is 67.8 cm³/mol. The predicted octanol–water partition coefficient (Wildman–Crippen LogP) is 1.25. The number of hydrogen-bond donors (Lipinski definition) is 3. The number of benzene rings is 1. The Morgan fingerprint density at radius 1 is 1.39 bits per heavy atom. The third kappa shape index (κ3) is 3.00. The van der Waals surface area contributed by atoms with Crippen molar-refractivity contribution < 1.29 is 14.7 Å². The molecule has 18 heavy (non-hydrogen) atoms. The smallest absolute Gasteiger partial charge is 0.303 e. The topological polar surface area (TPSA) is 78.4 Å². The van der Waals surface area contributed by atoms with Crippen LogP contribution >= 0.6 is 0 Å². The summed E-state index contributed by atoms with van der Waals surface area (Å²) in [6.07, 6.45) is 1.52. The molecule has 1 heterocycles. The molecule has 0 saturated carbocycles. The number of amides is 1. The first-order valence-electron chi connectivity index (χ1n) is 6.03. The van der Waals surface area contributed by atoms with Crippen LogP contribution in [-0.4, -0.2) is 30.1 Å². The number of aliphatic carboxylic acids is 1. The van der Waals surface area contributed by atoms with Crippen molar-refractivity contribution in [2.24, 2.45) is 0 Å². The summed E-state index contributed by atoms with van der Waals surface area (Å²) in [6, 6.07) is 5.61. The molecule has 5 nitrogen and oxygen atoms in total. The van der Waals surface area contributed by atoms with Crippen LogP contribution in [0.3, 0.4) is 0 Å². The van der Waals surface area contributed by atoms with Crippen molar-refractivity contribution in [1.82, 2.24) is 5.32 Å². The Morgan fingerprint density at radius 3 is 3.00 bits per heavy atom. The van der Waals surface area contributed by atoms with Crippen molar-refractivity contribution in [1.29, 1.82) is 0 Å². The number of carboxylic acid groups (broad SMARTS) is 1. The standard InChI is InChI=1S/C13H16N2O3/c16-12(17)2-1-6-15-13(18)10-4-3-9-5-7-14-11(9)8-10/h3-4,8,14H,1-2,5-7H2,(H,15,18)(H,16,17). The number of rotatable bonds is 5. The van der Waals surface area contributed by atoms with Crippen LogP contribution in [0.5, 0.6) is 0 Å². The Balaban J connectivity index is 1.87. The highest BCUT2D eigenvalue weighted by Gasteiger charge is 2.13. The molecular weight excluding hydrogens is 232 g/mol. The van der Waals surface area contributed by atoms with Crippen LogP contribution in [0.15, 0.2) is 18.2 Å². The first kappa shape index (κ1) is 12.4. The molecule has 0 unspecified atom stereocenters. The van der Waals surface area contributed by atoms with E-state index in [1.165, 1.54) is 5.56 Å². The molecule has 0 fully saturated rings. The first-order valence-corrected chi connectivity index (χ1v) is 6.03. The molecule has 3 N–H and O–H groups in total. The normalized spacial score (nSPS) is 12.7. The Hall–Kier alpha value is -2.04. The van der Waals surface area contributed by atoms with Crippen LogP contribution < -0.4 is 10.6 Å². The van der Waals surface area contributed by atoms with E-state index < -0.39 is 5.97 Å². The zero-order valence-corrected chi connectivity index (χ0v) is 10.0. The monoisotopic (exact) mass is 248 g/mol. The van der Waals surface area contributed by atoms with Crippen molar-refractivity contribution in [3.8, 4) is 0 Å². The number of carbonyl (C=O) groups excluding carboxylic acids is 1. The summed E-state index contributed by atoms with van der Waals surface area (Å²) in [6.45, 7) is 1.30. The van der Waals surface area contributed by atoms with Gasteiger partial charge >= 0.3 is 5.97 Å². The van der Waals surface area contributed by atoms with Gasteiger partial charge in [-0.1, -0.05) is 6.07 Å². The lowest BCUT2D eigenvalue weighted by atomic mass is 10.1. The minimum absolute atomic E-state index is 0.0754. The van der Waals surface area contributed by atoms with Crippen molar-refractivity contribution in [3.05, 3.63) is 29.3 Å². The average molecular weight is 248 g/mol. The lowest BCUT2D eigenvalue weighted by molar-refractivity contribution is -0.137. The molecule has 0 aromatic heterocycles. The first-order chi connectivity index (χ1) is 8.66. The van der Waals surface area contributed by atoms with E-state index in [-0.39, 0.29) is 12.3 Å². The summed E-state index contributed by atoms with van der Waals surface area (Å²) < 4.78 is 0. The van der Waals surface area contributed by atoms with E-state index in [4.69, 9.17) is 5.11 Å². The minimum Gasteiger partial charge on any atom is -0.481 e. The maximum Gasteiger partial charge on any atom is 0.303 e. The summed E-state index contributed by atoms with van der Waals surface area (Å²) in [5.74, 6) is -0.997. The van der Waals surface area contributed by atoms with E-state index in [0.29, 0.717) is 18.5 Å². The van der Waals surface area contributed by atoms with E-state index in [2.05, 4.69) is 10.6 Å². The molecule has 1 amide bonds. The fourth-order valence-corrected chi connectivity index (χ4v) is 1.98. The molecule has 1 aliphatic heterocycles. The van der Waals surface area contributed by atoms with Gasteiger partial charge < -0.3 is 15.7 Å². The van der Waals surface area contributed by atoms with Gasteiger partial charge in [0.25, 0.3) is 5.91 Å². The highest BCUT2D eigenvalue weighted by molar-refractivity contribution is 5.95. The molecular formula is C13H16N2O3. The second-order valence-corrected chi connectivity index (χ2v) is 4.30. The van der Waals surface area contributed by atoms with Gasteiger partial charge in [-0.3, -0.25) is 9.59 Å². The number of carbonyl (C=O) groups is 2. The number of hydrogen-bond acceptors (Lipinski definition) is 3. The molecule has 0 bridgehead atoms. The number of fused-ring (bicyclic) bond motifs is 1. The van der Waals surface area contributed by atoms with Crippen LogP contribution in [0, 0.1) is 0 Å². The van der Waals surface area contributed by atoms with Gasteiger partial charge in [0.2, 0.25) is 0 Å². The third-order valence-electron chi connectivity index (χ3n) is 2.93. The third-order valence-corrected chi connectivity index (χ3v) is 2.93. The van der Waals surface area contributed by atoms with Gasteiger partial charge in [-0.05, 0) is 30.5 Å². The Bertz CT molecular complexity index is 471. The van der Waals surface area contributed by atoms with Gasteiger partial charge in [-0.2, -0.15) is 0 Å². The molecule has 96 valence electrons. The molecule has 1 aliphatic rings. The Kier molecular flexibility index (Phi) is 3.82. The highest BCUT2D eigenvalue weighted by atomic mass is 16.4. The molecule has 1 aromatic rings. The maximum atomic E-state index is 11.8. The van der Waals surface area contributed by atoms with E-state index in [9.17, 15) is 9.59 Å². The fourth-order valence-electron chi connectivity index (χ4n) is 1.98. The van der Waals surface area contributed by atoms with Gasteiger partial charge in [0.05, 0.1) is 0 Å². The molecule has 0 saturated heterocycles. The maximum absolute atomic E-state index is 11.8. The van der Waals surface area contributed by atoms with Gasteiger partial charge in [0.15, 0.2) is 0 Å². The van der Waals surface area contributed by atoms with E-state index >= 15 is 0 Å². The van der Waals surface area contributed by atoms with Crippen molar-refractivity contribution >= 4 is 17.6 Å². The average Bonchev–Trinajstić information content (AvgIpc) is 2.81. The van der Waals surface area contributed by atoms with Gasteiger partial charge in [0.1, 0.15) is 0 Å².